The van der Waals surface area contributed by atoms with Gasteiger partial charge in [-0.05, 0) is 30.4 Å². The zero-order chi connectivity index (χ0) is 22.1. The Morgan fingerprint density at radius 1 is 1.19 bits per heavy atom. The van der Waals surface area contributed by atoms with E-state index in [1.165, 1.54) is 18.2 Å². The Balaban J connectivity index is 1.75. The van der Waals surface area contributed by atoms with E-state index in [1.807, 2.05) is 13.8 Å². The molecule has 0 fully saturated rings. The first-order chi connectivity index (χ1) is 14.7. The highest BCUT2D eigenvalue weighted by atomic mass is 32.2. The highest BCUT2D eigenvalue weighted by Gasteiger charge is 2.47. The lowest BCUT2D eigenvalue weighted by atomic mass is 9.74. The predicted molar refractivity (Wildman–Crippen MR) is 114 cm³/mol. The molecule has 2 aliphatic rings. The van der Waals surface area contributed by atoms with Crippen molar-refractivity contribution in [3.63, 3.8) is 0 Å². The second kappa shape index (κ2) is 6.62. The van der Waals surface area contributed by atoms with Gasteiger partial charge in [-0.2, -0.15) is 0 Å². The van der Waals surface area contributed by atoms with Gasteiger partial charge in [0.1, 0.15) is 27.4 Å². The van der Waals surface area contributed by atoms with E-state index in [1.54, 1.807) is 34.9 Å². The molecular formula is C23H18FNO5S. The van der Waals surface area contributed by atoms with Gasteiger partial charge in [-0.3, -0.25) is 4.79 Å². The summed E-state index contributed by atoms with van der Waals surface area (Å²) in [5.74, 6) is -1.03. The van der Waals surface area contributed by atoms with E-state index in [4.69, 9.17) is 4.42 Å². The molecule has 2 N–H and O–H groups in total. The minimum Gasteiger partial charge on any atom is -0.508 e. The summed E-state index contributed by atoms with van der Waals surface area (Å²) in [4.78, 5) is 26.3. The average molecular weight is 439 g/mol. The van der Waals surface area contributed by atoms with Crippen molar-refractivity contribution >= 4 is 22.7 Å². The summed E-state index contributed by atoms with van der Waals surface area (Å²) in [5, 5.41) is 20.7. The van der Waals surface area contributed by atoms with Crippen LogP contribution in [0, 0.1) is 11.7 Å². The Hall–Kier alpha value is -3.26. The van der Waals surface area contributed by atoms with Gasteiger partial charge in [-0.1, -0.05) is 37.8 Å². The van der Waals surface area contributed by atoms with Crippen LogP contribution in [0.5, 0.6) is 5.75 Å². The van der Waals surface area contributed by atoms with Crippen LogP contribution < -0.4 is 11.2 Å². The monoisotopic (exact) mass is 439 g/mol. The fraction of sp³-hybridized carbons (Fsp3) is 0.217. The number of aliphatic hydroxyl groups excluding tert-OH is 1. The molecule has 0 bridgehead atoms. The molecule has 31 heavy (non-hydrogen) atoms. The van der Waals surface area contributed by atoms with Crippen LogP contribution in [0.1, 0.15) is 25.6 Å². The molecule has 3 heterocycles. The second-order valence-corrected chi connectivity index (χ2v) is 9.34. The van der Waals surface area contributed by atoms with Gasteiger partial charge in [0.2, 0.25) is 0 Å². The Morgan fingerprint density at radius 3 is 2.71 bits per heavy atom. The number of nitrogens with zero attached hydrogens (tertiary/aromatic N) is 1. The molecule has 1 aliphatic carbocycles. The van der Waals surface area contributed by atoms with Crippen molar-refractivity contribution in [3.05, 3.63) is 86.6 Å². The highest BCUT2D eigenvalue weighted by Crippen LogP contribution is 2.49. The summed E-state index contributed by atoms with van der Waals surface area (Å²) >= 11 is 0.834. The molecule has 3 aromatic rings. The molecule has 2 atom stereocenters. The Kier molecular flexibility index (Phi) is 4.20. The smallest absolute Gasteiger partial charge is 0.354 e. The number of hydrogen-bond donors (Lipinski definition) is 2. The molecule has 5 rings (SSSR count). The molecule has 0 amide bonds. The van der Waals surface area contributed by atoms with E-state index < -0.39 is 28.2 Å². The lowest BCUT2D eigenvalue weighted by Gasteiger charge is -2.27. The molecule has 0 saturated heterocycles. The average Bonchev–Trinajstić information content (AvgIpc) is 2.92. The summed E-state index contributed by atoms with van der Waals surface area (Å²) in [7, 11) is 0. The number of fused-ring (bicyclic) bond motifs is 4. The van der Waals surface area contributed by atoms with Crippen LogP contribution >= 0.6 is 11.8 Å². The maximum Gasteiger partial charge on any atom is 0.354 e. The van der Waals surface area contributed by atoms with Gasteiger partial charge in [0.25, 0.3) is 5.56 Å². The molecule has 158 valence electrons. The topological polar surface area (TPSA) is 92.7 Å². The summed E-state index contributed by atoms with van der Waals surface area (Å²) in [6, 6.07) is 6.83. The third kappa shape index (κ3) is 2.85. The minimum atomic E-state index is -0.811. The van der Waals surface area contributed by atoms with Gasteiger partial charge in [0, 0.05) is 28.0 Å². The highest BCUT2D eigenvalue weighted by molar-refractivity contribution is 7.99. The molecule has 1 aliphatic heterocycles. The Morgan fingerprint density at radius 2 is 1.97 bits per heavy atom. The summed E-state index contributed by atoms with van der Waals surface area (Å²) in [5.41, 5.74) is -1.20. The van der Waals surface area contributed by atoms with Crippen LogP contribution in [0.15, 0.2) is 78.1 Å². The zero-order valence-electron chi connectivity index (χ0n) is 16.6. The predicted octanol–water partition coefficient (Wildman–Crippen LogP) is 4.41. The molecule has 0 spiro atoms. The first-order valence-corrected chi connectivity index (χ1v) is 10.5. The van der Waals surface area contributed by atoms with Crippen molar-refractivity contribution < 1.29 is 19.0 Å². The fourth-order valence-corrected chi connectivity index (χ4v) is 5.37. The number of allylic oxidation sites excluding steroid dienone is 3. The first-order valence-electron chi connectivity index (χ1n) is 9.66. The zero-order valence-corrected chi connectivity index (χ0v) is 17.4. The standard InChI is InChI=1S/C23H18FNO5S/c1-23(2)14-9-12(26)6-7-15(14)25-17(23)10-16-18(21(25)28)19(27)20(22(29)30-16)31-13-5-3-4-11(24)8-13/h3-10,14-15,26-27H,1-2H3. The summed E-state index contributed by atoms with van der Waals surface area (Å²) in [6.07, 6.45) is 5.01. The maximum absolute atomic E-state index is 13.5. The van der Waals surface area contributed by atoms with E-state index in [9.17, 15) is 24.2 Å². The number of aliphatic hydroxyl groups is 1. The number of aromatic hydroxyl groups is 1. The quantitative estimate of drug-likeness (QED) is 0.615. The number of pyridine rings is 1. The summed E-state index contributed by atoms with van der Waals surface area (Å²) in [6.45, 7) is 3.90. The van der Waals surface area contributed by atoms with Crippen molar-refractivity contribution in [1.29, 1.82) is 0 Å². The van der Waals surface area contributed by atoms with Gasteiger partial charge in [-0.25, -0.2) is 9.18 Å². The van der Waals surface area contributed by atoms with Crippen molar-refractivity contribution in [1.82, 2.24) is 4.57 Å². The van der Waals surface area contributed by atoms with Crippen molar-refractivity contribution in [3.8, 4) is 5.75 Å². The van der Waals surface area contributed by atoms with Gasteiger partial charge >= 0.3 is 5.63 Å². The van der Waals surface area contributed by atoms with E-state index in [0.29, 0.717) is 10.6 Å². The molecule has 0 saturated carbocycles. The van der Waals surface area contributed by atoms with Crippen LogP contribution in [-0.2, 0) is 5.41 Å². The third-order valence-electron chi connectivity index (χ3n) is 6.04. The Labute approximate surface area is 179 Å². The number of benzene rings is 1. The van der Waals surface area contributed by atoms with Crippen LogP contribution in [0.4, 0.5) is 4.39 Å². The third-order valence-corrected chi connectivity index (χ3v) is 7.09. The van der Waals surface area contributed by atoms with E-state index in [-0.39, 0.29) is 33.6 Å². The fourth-order valence-electron chi connectivity index (χ4n) is 4.49. The molecule has 2 aromatic heterocycles. The summed E-state index contributed by atoms with van der Waals surface area (Å²) < 4.78 is 20.5. The molecule has 1 aromatic carbocycles. The number of hydrogen-bond acceptors (Lipinski definition) is 6. The van der Waals surface area contributed by atoms with E-state index in [2.05, 4.69) is 0 Å². The van der Waals surface area contributed by atoms with Crippen molar-refractivity contribution in [2.75, 3.05) is 0 Å². The maximum atomic E-state index is 13.5. The van der Waals surface area contributed by atoms with Crippen LogP contribution in [0.25, 0.3) is 11.0 Å². The van der Waals surface area contributed by atoms with Gasteiger partial charge in [0.15, 0.2) is 5.75 Å². The minimum absolute atomic E-state index is 0.00811. The second-order valence-electron chi connectivity index (χ2n) is 8.26. The molecule has 2 unspecified atom stereocenters. The van der Waals surface area contributed by atoms with Crippen LogP contribution in [0.3, 0.4) is 0 Å². The molecule has 8 heteroatoms. The first kappa shape index (κ1) is 19.7. The van der Waals surface area contributed by atoms with Crippen molar-refractivity contribution in [2.45, 2.75) is 35.1 Å². The lowest BCUT2D eigenvalue weighted by molar-refractivity contribution is 0.347. The SMILES string of the molecule is CC1(C)c2cc3oc(=O)c(Sc4cccc(F)c4)c(O)c3c(=O)n2C2C=CC(O)=CC21. The molecule has 0 radical (unpaired) electrons. The van der Waals surface area contributed by atoms with Crippen molar-refractivity contribution in [2.24, 2.45) is 5.92 Å². The normalized spacial score (nSPS) is 21.1. The number of rotatable bonds is 2. The van der Waals surface area contributed by atoms with Gasteiger partial charge < -0.3 is 19.2 Å². The number of aromatic nitrogens is 1. The largest absolute Gasteiger partial charge is 0.508 e. The molecule has 6 nitrogen and oxygen atoms in total. The van der Waals surface area contributed by atoms with E-state index in [0.717, 1.165) is 11.8 Å². The Bertz CT molecular complexity index is 1430. The van der Waals surface area contributed by atoms with Gasteiger partial charge in [-0.15, -0.1) is 0 Å². The molecular weight excluding hydrogens is 421 g/mol. The van der Waals surface area contributed by atoms with Crippen LogP contribution in [0.2, 0.25) is 0 Å². The van der Waals surface area contributed by atoms with E-state index >= 15 is 0 Å². The van der Waals surface area contributed by atoms with Crippen LogP contribution in [-0.4, -0.2) is 14.8 Å². The number of halogens is 1. The lowest BCUT2D eigenvalue weighted by Crippen LogP contribution is -2.26. The van der Waals surface area contributed by atoms with Gasteiger partial charge in [0.05, 0.1) is 6.04 Å².